The summed E-state index contributed by atoms with van der Waals surface area (Å²) in [6, 6.07) is 7.67. The Labute approximate surface area is 151 Å². The van der Waals surface area contributed by atoms with Crippen LogP contribution in [-0.2, 0) is 11.2 Å². The third-order valence-corrected chi connectivity index (χ3v) is 4.40. The maximum Gasteiger partial charge on any atom is 0.343 e. The lowest BCUT2D eigenvalue weighted by atomic mass is 10.0. The molecule has 25 heavy (non-hydrogen) atoms. The van der Waals surface area contributed by atoms with Crippen molar-refractivity contribution in [3.63, 3.8) is 0 Å². The summed E-state index contributed by atoms with van der Waals surface area (Å²) in [6.45, 7) is 0. The molecule has 1 unspecified atom stereocenters. The number of carbonyl (C=O) groups is 1. The molecule has 8 heteroatoms. The second-order valence-corrected chi connectivity index (χ2v) is 6.12. The molecule has 3 aromatic rings. The lowest BCUT2D eigenvalue weighted by Crippen LogP contribution is -2.06. The van der Waals surface area contributed by atoms with E-state index >= 15 is 0 Å². The highest BCUT2D eigenvalue weighted by molar-refractivity contribution is 6.31. The molecule has 126 valence electrons. The summed E-state index contributed by atoms with van der Waals surface area (Å²) in [5.41, 5.74) is 0.934. The average molecular weight is 379 g/mol. The Hall–Kier alpha value is -2.44. The molecule has 1 atom stereocenters. The van der Waals surface area contributed by atoms with Gasteiger partial charge in [-0.1, -0.05) is 17.7 Å². The molecule has 1 aliphatic heterocycles. The zero-order valence-electron chi connectivity index (χ0n) is 12.5. The zero-order chi connectivity index (χ0) is 17.6. The van der Waals surface area contributed by atoms with Gasteiger partial charge in [0.25, 0.3) is 0 Å². The van der Waals surface area contributed by atoms with Gasteiger partial charge in [-0.15, -0.1) is 0 Å². The van der Waals surface area contributed by atoms with Crippen LogP contribution in [0.25, 0.3) is 11.5 Å². The van der Waals surface area contributed by atoms with Gasteiger partial charge >= 0.3 is 5.97 Å². The average Bonchev–Trinajstić information content (AvgIpc) is 3.19. The molecule has 0 aliphatic carbocycles. The lowest BCUT2D eigenvalue weighted by Gasteiger charge is -2.12. The van der Waals surface area contributed by atoms with Crippen molar-refractivity contribution in [1.29, 1.82) is 0 Å². The Kier molecular flexibility index (Phi) is 3.94. The van der Waals surface area contributed by atoms with E-state index in [-0.39, 0.29) is 39.2 Å². The highest BCUT2D eigenvalue weighted by Gasteiger charge is 2.38. The van der Waals surface area contributed by atoms with Gasteiger partial charge in [0.05, 0.1) is 6.26 Å². The Morgan fingerprint density at radius 3 is 2.72 bits per heavy atom. The molecular weight excluding hydrogens is 370 g/mol. The largest absolute Gasteiger partial charge is 0.463 e. The van der Waals surface area contributed by atoms with Gasteiger partial charge in [-0.2, -0.15) is 0 Å². The van der Waals surface area contributed by atoms with E-state index in [0.29, 0.717) is 5.76 Å². The number of aromatic nitrogens is 2. The molecule has 0 saturated heterocycles. The third-order valence-electron chi connectivity index (χ3n) is 3.87. The number of nitrogens with zero attached hydrogens (tertiary/aromatic N) is 2. The minimum atomic E-state index is -0.814. The predicted octanol–water partition coefficient (Wildman–Crippen LogP) is 4.64. The normalized spacial score (nSPS) is 16.0. The minimum absolute atomic E-state index is 0.0369. The van der Waals surface area contributed by atoms with Gasteiger partial charge < -0.3 is 9.15 Å². The van der Waals surface area contributed by atoms with Gasteiger partial charge in [-0.3, -0.25) is 0 Å². The van der Waals surface area contributed by atoms with Crippen LogP contribution in [0.15, 0.2) is 41.0 Å². The first-order valence-electron chi connectivity index (χ1n) is 7.29. The molecule has 0 bridgehead atoms. The second kappa shape index (κ2) is 6.13. The molecule has 1 aromatic carbocycles. The van der Waals surface area contributed by atoms with Gasteiger partial charge in [-0.25, -0.2) is 19.2 Å². The smallest absolute Gasteiger partial charge is 0.343 e. The van der Waals surface area contributed by atoms with Gasteiger partial charge in [-0.05, 0) is 35.9 Å². The van der Waals surface area contributed by atoms with Gasteiger partial charge in [0.2, 0.25) is 5.28 Å². The van der Waals surface area contributed by atoms with Crippen LogP contribution in [0.2, 0.25) is 10.3 Å². The van der Waals surface area contributed by atoms with Crippen molar-refractivity contribution in [2.24, 2.45) is 0 Å². The summed E-state index contributed by atoms with van der Waals surface area (Å²) in [5.74, 6) is -0.735. The summed E-state index contributed by atoms with van der Waals surface area (Å²) in [5, 5.41) is 0.184. The number of esters is 1. The highest BCUT2D eigenvalue weighted by Crippen LogP contribution is 2.38. The van der Waals surface area contributed by atoms with Crippen molar-refractivity contribution in [3.05, 3.63) is 69.5 Å². The van der Waals surface area contributed by atoms with Crippen molar-refractivity contribution in [2.45, 2.75) is 12.5 Å². The first-order valence-corrected chi connectivity index (χ1v) is 8.05. The maximum absolute atomic E-state index is 14.1. The Morgan fingerprint density at radius 2 is 2.00 bits per heavy atom. The standard InChI is InChI=1S/C17H9Cl2FN2O3/c18-9-3-1-4-10(20)8(9)7-12-15-13(16(23)25-12)14(21-17(19)22-15)11-5-2-6-24-11/h1-6,12H,7H2. The molecule has 0 saturated carbocycles. The number of cyclic esters (lactones) is 1. The molecule has 0 N–H and O–H groups in total. The van der Waals surface area contributed by atoms with Crippen LogP contribution in [0.3, 0.4) is 0 Å². The van der Waals surface area contributed by atoms with Crippen LogP contribution in [0.1, 0.15) is 27.7 Å². The van der Waals surface area contributed by atoms with E-state index in [4.69, 9.17) is 32.4 Å². The number of halogens is 3. The predicted molar refractivity (Wildman–Crippen MR) is 88.0 cm³/mol. The topological polar surface area (TPSA) is 65.2 Å². The molecule has 2 aromatic heterocycles. The van der Waals surface area contributed by atoms with E-state index in [1.165, 1.54) is 18.4 Å². The number of ether oxygens (including phenoxy) is 1. The fourth-order valence-corrected chi connectivity index (χ4v) is 3.19. The van der Waals surface area contributed by atoms with E-state index in [1.54, 1.807) is 18.2 Å². The van der Waals surface area contributed by atoms with Crippen molar-refractivity contribution in [3.8, 4) is 11.5 Å². The van der Waals surface area contributed by atoms with E-state index < -0.39 is 17.9 Å². The van der Waals surface area contributed by atoms with Crippen molar-refractivity contribution < 1.29 is 18.3 Å². The second-order valence-electron chi connectivity index (χ2n) is 5.38. The van der Waals surface area contributed by atoms with Gasteiger partial charge in [0, 0.05) is 17.0 Å². The number of benzene rings is 1. The summed E-state index contributed by atoms with van der Waals surface area (Å²) in [6.07, 6.45) is 0.676. The quantitative estimate of drug-likeness (QED) is 0.490. The van der Waals surface area contributed by atoms with Crippen molar-refractivity contribution >= 4 is 29.2 Å². The van der Waals surface area contributed by atoms with E-state index in [9.17, 15) is 9.18 Å². The summed E-state index contributed by atoms with van der Waals surface area (Å²) in [7, 11) is 0. The Morgan fingerprint density at radius 1 is 1.16 bits per heavy atom. The number of hydrogen-bond donors (Lipinski definition) is 0. The van der Waals surface area contributed by atoms with Crippen LogP contribution in [0.5, 0.6) is 0 Å². The summed E-state index contributed by atoms with van der Waals surface area (Å²) >= 11 is 12.1. The SMILES string of the molecule is O=C1OC(Cc2c(F)cccc2Cl)c2nc(Cl)nc(-c3ccco3)c21. The molecule has 0 radical (unpaired) electrons. The maximum atomic E-state index is 14.1. The molecular formula is C17H9Cl2FN2O3. The summed E-state index contributed by atoms with van der Waals surface area (Å²) in [4.78, 5) is 20.5. The molecule has 4 rings (SSSR count). The molecule has 1 aliphatic rings. The number of carbonyl (C=O) groups excluding carboxylic acids is 1. The fourth-order valence-electron chi connectivity index (χ4n) is 2.77. The number of rotatable bonds is 3. The minimum Gasteiger partial charge on any atom is -0.463 e. The van der Waals surface area contributed by atoms with Gasteiger partial charge in [0.1, 0.15) is 28.9 Å². The van der Waals surface area contributed by atoms with Crippen LogP contribution in [0, 0.1) is 5.82 Å². The van der Waals surface area contributed by atoms with Crippen molar-refractivity contribution in [2.75, 3.05) is 0 Å². The van der Waals surface area contributed by atoms with Crippen LogP contribution in [-0.4, -0.2) is 15.9 Å². The zero-order valence-corrected chi connectivity index (χ0v) is 14.0. The fraction of sp³-hybridized carbons (Fsp3) is 0.118. The molecule has 0 spiro atoms. The van der Waals surface area contributed by atoms with Crippen LogP contribution in [0.4, 0.5) is 4.39 Å². The van der Waals surface area contributed by atoms with E-state index in [0.717, 1.165) is 0 Å². The molecule has 0 fully saturated rings. The summed E-state index contributed by atoms with van der Waals surface area (Å²) < 4.78 is 24.7. The lowest BCUT2D eigenvalue weighted by molar-refractivity contribution is 0.0381. The third kappa shape index (κ3) is 2.77. The molecule has 3 heterocycles. The number of hydrogen-bond acceptors (Lipinski definition) is 5. The highest BCUT2D eigenvalue weighted by atomic mass is 35.5. The molecule has 0 amide bonds. The Bertz CT molecular complexity index is 956. The Balaban J connectivity index is 1.80. The monoisotopic (exact) mass is 378 g/mol. The number of furan rings is 1. The number of fused-ring (bicyclic) bond motifs is 1. The first-order chi connectivity index (χ1) is 12.0. The van der Waals surface area contributed by atoms with E-state index in [1.807, 2.05) is 0 Å². The van der Waals surface area contributed by atoms with Crippen LogP contribution < -0.4 is 0 Å². The molecule has 5 nitrogen and oxygen atoms in total. The first kappa shape index (κ1) is 16.1. The van der Waals surface area contributed by atoms with Crippen molar-refractivity contribution in [1.82, 2.24) is 9.97 Å². The van der Waals surface area contributed by atoms with E-state index in [2.05, 4.69) is 9.97 Å². The van der Waals surface area contributed by atoms with Gasteiger partial charge in [0.15, 0.2) is 5.76 Å². The van der Waals surface area contributed by atoms with Crippen LogP contribution >= 0.6 is 23.2 Å².